The van der Waals surface area contributed by atoms with Gasteiger partial charge in [0.05, 0.1) is 5.52 Å². The molecule has 0 bridgehead atoms. The molecule has 20 heavy (non-hydrogen) atoms. The molecule has 4 nitrogen and oxygen atoms in total. The molecule has 0 aliphatic rings. The molecule has 0 radical (unpaired) electrons. The zero-order valence-electron chi connectivity index (χ0n) is 10.4. The summed E-state index contributed by atoms with van der Waals surface area (Å²) in [6, 6.07) is 15.1. The van der Waals surface area contributed by atoms with Crippen molar-refractivity contribution in [1.82, 2.24) is 4.57 Å². The number of fused-ring (bicyclic) bond motifs is 3. The third kappa shape index (κ3) is 2.16. The number of benzene rings is 2. The molecule has 0 spiro atoms. The van der Waals surface area contributed by atoms with Crippen molar-refractivity contribution >= 4 is 51.2 Å². The molecular weight excluding hydrogens is 263 g/mol. The standard InChI is InChI=1S/C15H12N2O2.Na.H/c1-17-13-9-5-4-7-11(13)10-6-2-3-8-12(10)14(16-19)15(17)18;;/h2-9,19H,1H3;;/b16-14+;;. The second-order valence-electron chi connectivity index (χ2n) is 4.38. The van der Waals surface area contributed by atoms with Crippen LogP contribution in [0.3, 0.4) is 0 Å². The fourth-order valence-electron chi connectivity index (χ4n) is 2.40. The van der Waals surface area contributed by atoms with Crippen molar-refractivity contribution in [2.75, 3.05) is 0 Å². The zero-order valence-corrected chi connectivity index (χ0v) is 10.4. The van der Waals surface area contributed by atoms with Crippen molar-refractivity contribution in [3.8, 4) is 0 Å². The fourth-order valence-corrected chi connectivity index (χ4v) is 2.40. The number of aromatic nitrogens is 1. The number of para-hydroxylation sites is 1. The Morgan fingerprint density at radius 2 is 1.50 bits per heavy atom. The van der Waals surface area contributed by atoms with E-state index in [0.29, 0.717) is 5.39 Å². The van der Waals surface area contributed by atoms with Gasteiger partial charge in [-0.05, 0) is 11.5 Å². The first kappa shape index (κ1) is 14.8. The Morgan fingerprint density at radius 3 is 2.15 bits per heavy atom. The first-order valence-corrected chi connectivity index (χ1v) is 5.93. The van der Waals surface area contributed by atoms with Gasteiger partial charge in [-0.15, -0.1) is 0 Å². The van der Waals surface area contributed by atoms with Crippen molar-refractivity contribution in [2.24, 2.45) is 12.2 Å². The Balaban J connectivity index is 0.00000147. The molecule has 3 aromatic rings. The summed E-state index contributed by atoms with van der Waals surface area (Å²) in [7, 11) is 1.68. The van der Waals surface area contributed by atoms with Crippen LogP contribution in [0, 0.1) is 0 Å². The van der Waals surface area contributed by atoms with Gasteiger partial charge in [0.15, 0.2) is 5.36 Å². The summed E-state index contributed by atoms with van der Waals surface area (Å²) in [5.41, 5.74) is 0.485. The molecule has 0 aliphatic heterocycles. The Labute approximate surface area is 137 Å². The molecule has 0 aliphatic carbocycles. The predicted molar refractivity (Wildman–Crippen MR) is 81.2 cm³/mol. The quantitative estimate of drug-likeness (QED) is 0.382. The third-order valence-corrected chi connectivity index (χ3v) is 3.34. The van der Waals surface area contributed by atoms with Crippen LogP contribution in [0.5, 0.6) is 0 Å². The average molecular weight is 276 g/mol. The second-order valence-corrected chi connectivity index (χ2v) is 4.38. The van der Waals surface area contributed by atoms with Crippen LogP contribution >= 0.6 is 0 Å². The summed E-state index contributed by atoms with van der Waals surface area (Å²) in [5, 5.41) is 14.9. The van der Waals surface area contributed by atoms with Gasteiger partial charge in [-0.25, -0.2) is 0 Å². The van der Waals surface area contributed by atoms with Gasteiger partial charge < -0.3 is 9.77 Å². The van der Waals surface area contributed by atoms with Crippen molar-refractivity contribution in [3.63, 3.8) is 0 Å². The van der Waals surface area contributed by atoms with E-state index in [9.17, 15) is 10.0 Å². The summed E-state index contributed by atoms with van der Waals surface area (Å²) in [4.78, 5) is 12.3. The zero-order chi connectivity index (χ0) is 13.4. The van der Waals surface area contributed by atoms with Crippen LogP contribution in [0.25, 0.3) is 21.7 Å². The normalized spacial score (nSPS) is 11.6. The van der Waals surface area contributed by atoms with E-state index >= 15 is 0 Å². The van der Waals surface area contributed by atoms with Gasteiger partial charge in [0.1, 0.15) is 0 Å². The van der Waals surface area contributed by atoms with Crippen LogP contribution in [0.2, 0.25) is 0 Å². The summed E-state index contributed by atoms with van der Waals surface area (Å²) < 4.78 is 1.50. The van der Waals surface area contributed by atoms with Crippen molar-refractivity contribution in [1.29, 1.82) is 0 Å². The molecule has 0 fully saturated rings. The average Bonchev–Trinajstić information content (AvgIpc) is 2.55. The van der Waals surface area contributed by atoms with Gasteiger partial charge in [-0.1, -0.05) is 47.6 Å². The molecule has 1 N–H and O–H groups in total. The summed E-state index contributed by atoms with van der Waals surface area (Å²) in [5.74, 6) is 0. The first-order chi connectivity index (χ1) is 9.24. The molecule has 3 rings (SSSR count). The monoisotopic (exact) mass is 276 g/mol. The number of hydrogen-bond acceptors (Lipinski definition) is 3. The van der Waals surface area contributed by atoms with E-state index in [1.165, 1.54) is 4.57 Å². The molecule has 0 saturated carbocycles. The molecule has 1 heterocycles. The van der Waals surface area contributed by atoms with Gasteiger partial charge in [-0.2, -0.15) is 0 Å². The summed E-state index contributed by atoms with van der Waals surface area (Å²) >= 11 is 0. The van der Waals surface area contributed by atoms with Crippen LogP contribution < -0.4 is 10.9 Å². The molecule has 2 aromatic carbocycles. The maximum atomic E-state index is 12.3. The fraction of sp³-hybridized carbons (Fsp3) is 0.0667. The van der Waals surface area contributed by atoms with E-state index in [4.69, 9.17) is 0 Å². The van der Waals surface area contributed by atoms with Crippen molar-refractivity contribution in [2.45, 2.75) is 0 Å². The Bertz CT molecular complexity index is 917. The topological polar surface area (TPSA) is 54.6 Å². The number of nitrogens with zero attached hydrogens (tertiary/aromatic N) is 2. The predicted octanol–water partition coefficient (Wildman–Crippen LogP) is 1.33. The Hall–Kier alpha value is -1.62. The van der Waals surface area contributed by atoms with Gasteiger partial charge in [0, 0.05) is 17.8 Å². The second kappa shape index (κ2) is 5.79. The van der Waals surface area contributed by atoms with Crippen LogP contribution in [-0.2, 0) is 7.05 Å². The van der Waals surface area contributed by atoms with E-state index in [1.54, 1.807) is 13.1 Å². The van der Waals surface area contributed by atoms with Gasteiger partial charge in [0.2, 0.25) is 0 Å². The maximum absolute atomic E-state index is 12.3. The number of hydrogen-bond donors (Lipinski definition) is 1. The van der Waals surface area contributed by atoms with Gasteiger partial charge >= 0.3 is 29.6 Å². The van der Waals surface area contributed by atoms with Crippen LogP contribution in [-0.4, -0.2) is 39.3 Å². The van der Waals surface area contributed by atoms with E-state index in [2.05, 4.69) is 5.16 Å². The van der Waals surface area contributed by atoms with Crippen molar-refractivity contribution < 1.29 is 5.21 Å². The summed E-state index contributed by atoms with van der Waals surface area (Å²) in [6.07, 6.45) is 0. The van der Waals surface area contributed by atoms with E-state index < -0.39 is 0 Å². The molecule has 1 aromatic heterocycles. The number of rotatable bonds is 0. The number of aryl methyl sites for hydroxylation is 1. The molecule has 5 heteroatoms. The minimum atomic E-state index is -0.320. The van der Waals surface area contributed by atoms with E-state index in [1.807, 2.05) is 42.5 Å². The molecular formula is C15H13N2NaO2. The molecule has 0 atom stereocenters. The molecule has 0 amide bonds. The Morgan fingerprint density at radius 1 is 0.950 bits per heavy atom. The molecule has 0 unspecified atom stereocenters. The van der Waals surface area contributed by atoms with Crippen LogP contribution in [0.1, 0.15) is 0 Å². The SMILES string of the molecule is Cn1c(=O)/c(=N/O)c2ccccc2c2ccccc21.[NaH]. The molecule has 96 valence electrons. The van der Waals surface area contributed by atoms with Gasteiger partial charge in [0.25, 0.3) is 5.56 Å². The Kier molecular flexibility index (Phi) is 4.28. The van der Waals surface area contributed by atoms with E-state index in [0.717, 1.165) is 16.3 Å². The van der Waals surface area contributed by atoms with Crippen molar-refractivity contribution in [3.05, 3.63) is 64.2 Å². The van der Waals surface area contributed by atoms with Crippen LogP contribution in [0.15, 0.2) is 58.5 Å². The third-order valence-electron chi connectivity index (χ3n) is 3.34. The molecule has 0 saturated heterocycles. The minimum absolute atomic E-state index is 0. The van der Waals surface area contributed by atoms with Gasteiger partial charge in [-0.3, -0.25) is 4.79 Å². The first-order valence-electron chi connectivity index (χ1n) is 5.93. The van der Waals surface area contributed by atoms with E-state index in [-0.39, 0.29) is 40.5 Å². The van der Waals surface area contributed by atoms with Crippen LogP contribution in [0.4, 0.5) is 0 Å². The summed E-state index contributed by atoms with van der Waals surface area (Å²) in [6.45, 7) is 0.